The molecule has 3 aromatic rings. The molecule has 0 spiro atoms. The van der Waals surface area contributed by atoms with Crippen molar-refractivity contribution in [3.8, 4) is 0 Å². The van der Waals surface area contributed by atoms with Crippen LogP contribution in [0.4, 0.5) is 0 Å². The second kappa shape index (κ2) is 7.89. The number of ether oxygens (including phenoxy) is 1. The van der Waals surface area contributed by atoms with E-state index < -0.39 is 16.0 Å². The predicted octanol–water partition coefficient (Wildman–Crippen LogP) is 2.83. The number of rotatable bonds is 7. The van der Waals surface area contributed by atoms with E-state index in [0.29, 0.717) is 23.0 Å². The van der Waals surface area contributed by atoms with Crippen molar-refractivity contribution in [2.45, 2.75) is 25.2 Å². The number of fused-ring (bicyclic) bond motifs is 1. The summed E-state index contributed by atoms with van der Waals surface area (Å²) in [4.78, 5) is 16.1. The van der Waals surface area contributed by atoms with Crippen LogP contribution in [0.3, 0.4) is 0 Å². The molecule has 0 aliphatic carbocycles. The lowest BCUT2D eigenvalue weighted by Gasteiger charge is -2.07. The van der Waals surface area contributed by atoms with Crippen LogP contribution < -0.4 is 4.72 Å². The third-order valence-electron chi connectivity index (χ3n) is 4.11. The van der Waals surface area contributed by atoms with Crippen LogP contribution in [0.2, 0.25) is 0 Å². The highest BCUT2D eigenvalue weighted by atomic mass is 32.2. The van der Waals surface area contributed by atoms with Crippen molar-refractivity contribution in [1.82, 2.24) is 9.71 Å². The van der Waals surface area contributed by atoms with Gasteiger partial charge in [-0.3, -0.25) is 4.98 Å². The Kier molecular flexibility index (Phi) is 5.57. The molecule has 0 unspecified atom stereocenters. The van der Waals surface area contributed by atoms with Gasteiger partial charge in [-0.2, -0.15) is 0 Å². The number of nitrogens with zero attached hydrogens (tertiary/aromatic N) is 1. The van der Waals surface area contributed by atoms with Gasteiger partial charge in [0.1, 0.15) is 5.58 Å². The molecule has 0 saturated carbocycles. The van der Waals surface area contributed by atoms with E-state index in [1.54, 1.807) is 38.4 Å². The van der Waals surface area contributed by atoms with Gasteiger partial charge in [-0.15, -0.1) is 0 Å². The van der Waals surface area contributed by atoms with Crippen molar-refractivity contribution in [3.63, 3.8) is 0 Å². The molecule has 0 aliphatic heterocycles. The Labute approximate surface area is 157 Å². The van der Waals surface area contributed by atoms with Gasteiger partial charge in [0, 0.05) is 29.9 Å². The molecular formula is C19H20N2O5S. The summed E-state index contributed by atoms with van der Waals surface area (Å²) in [5.41, 5.74) is 1.93. The smallest absolute Gasteiger partial charge is 0.374 e. The largest absolute Gasteiger partial charge is 0.460 e. The van der Waals surface area contributed by atoms with Crippen molar-refractivity contribution in [3.05, 3.63) is 59.6 Å². The Hall–Kier alpha value is -2.71. The first-order valence-electron chi connectivity index (χ1n) is 8.51. The number of sulfonamides is 1. The maximum Gasteiger partial charge on any atom is 0.374 e. The Morgan fingerprint density at radius 2 is 2.11 bits per heavy atom. The number of esters is 1. The molecule has 142 valence electrons. The summed E-state index contributed by atoms with van der Waals surface area (Å²) in [6.07, 6.45) is 3.90. The van der Waals surface area contributed by atoms with Crippen LogP contribution in [0.1, 0.15) is 28.6 Å². The quantitative estimate of drug-likeness (QED) is 0.625. The van der Waals surface area contributed by atoms with Crippen LogP contribution in [0.5, 0.6) is 0 Å². The molecule has 7 nitrogen and oxygen atoms in total. The zero-order valence-corrected chi connectivity index (χ0v) is 15.9. The highest BCUT2D eigenvalue weighted by Crippen LogP contribution is 2.28. The van der Waals surface area contributed by atoms with E-state index in [-0.39, 0.29) is 23.8 Å². The normalized spacial score (nSPS) is 11.6. The van der Waals surface area contributed by atoms with Crippen LogP contribution in [-0.2, 0) is 21.2 Å². The van der Waals surface area contributed by atoms with Gasteiger partial charge in [-0.05, 0) is 50.1 Å². The number of hydrogen-bond donors (Lipinski definition) is 1. The number of aromatic nitrogens is 1. The van der Waals surface area contributed by atoms with Gasteiger partial charge in [0.2, 0.25) is 15.8 Å². The van der Waals surface area contributed by atoms with Crippen molar-refractivity contribution in [1.29, 1.82) is 0 Å². The average molecular weight is 388 g/mol. The minimum absolute atomic E-state index is 0.0888. The first-order chi connectivity index (χ1) is 12.9. The number of carbonyl (C=O) groups is 1. The third kappa shape index (κ3) is 4.17. The second-order valence-electron chi connectivity index (χ2n) is 5.94. The zero-order valence-electron chi connectivity index (χ0n) is 15.1. The molecule has 3 rings (SSSR count). The Balaban J connectivity index is 1.81. The Bertz CT molecular complexity index is 1060. The first kappa shape index (κ1) is 19.1. The highest BCUT2D eigenvalue weighted by molar-refractivity contribution is 7.89. The van der Waals surface area contributed by atoms with Gasteiger partial charge in [0.25, 0.3) is 0 Å². The fraction of sp³-hybridized carbons (Fsp3) is 0.263. The van der Waals surface area contributed by atoms with Crippen molar-refractivity contribution in [2.75, 3.05) is 13.2 Å². The van der Waals surface area contributed by atoms with Gasteiger partial charge < -0.3 is 9.15 Å². The minimum atomic E-state index is -3.69. The Morgan fingerprint density at radius 1 is 1.30 bits per heavy atom. The molecule has 8 heteroatoms. The second-order valence-corrected chi connectivity index (χ2v) is 7.71. The van der Waals surface area contributed by atoms with Gasteiger partial charge in [-0.1, -0.05) is 6.07 Å². The van der Waals surface area contributed by atoms with Crippen molar-refractivity contribution in [2.24, 2.45) is 0 Å². The van der Waals surface area contributed by atoms with E-state index in [2.05, 4.69) is 9.71 Å². The SMILES string of the molecule is CCOC(=O)c1oc2ccc(S(=O)(=O)NCCc3cccnc3)cc2c1C. The van der Waals surface area contributed by atoms with Crippen molar-refractivity contribution < 1.29 is 22.4 Å². The molecule has 0 amide bonds. The lowest BCUT2D eigenvalue weighted by Crippen LogP contribution is -2.26. The van der Waals surface area contributed by atoms with E-state index in [4.69, 9.17) is 9.15 Å². The van der Waals surface area contributed by atoms with Crippen LogP contribution in [0.15, 0.2) is 52.0 Å². The van der Waals surface area contributed by atoms with Crippen molar-refractivity contribution >= 4 is 27.0 Å². The summed E-state index contributed by atoms with van der Waals surface area (Å²) < 4.78 is 38.2. The number of aryl methyl sites for hydroxylation is 1. The molecule has 0 atom stereocenters. The molecule has 27 heavy (non-hydrogen) atoms. The molecule has 1 aromatic carbocycles. The number of benzene rings is 1. The standard InChI is InChI=1S/C19H20N2O5S/c1-3-25-19(22)18-13(2)16-11-15(6-7-17(16)26-18)27(23,24)21-10-8-14-5-4-9-20-12-14/h4-7,9,11-12,21H,3,8,10H2,1-2H3. The van der Waals surface area contributed by atoms with Gasteiger partial charge in [0.05, 0.1) is 11.5 Å². The number of nitrogens with one attached hydrogen (secondary N) is 1. The maximum atomic E-state index is 12.6. The van der Waals surface area contributed by atoms with E-state index in [9.17, 15) is 13.2 Å². The minimum Gasteiger partial charge on any atom is -0.460 e. The number of hydrogen-bond acceptors (Lipinski definition) is 6. The number of furan rings is 1. The summed E-state index contributed by atoms with van der Waals surface area (Å²) in [6, 6.07) is 8.19. The summed E-state index contributed by atoms with van der Waals surface area (Å²) in [5.74, 6) is -0.476. The molecule has 2 aromatic heterocycles. The molecule has 2 heterocycles. The fourth-order valence-electron chi connectivity index (χ4n) is 2.72. The topological polar surface area (TPSA) is 98.5 Å². The fourth-order valence-corrected chi connectivity index (χ4v) is 3.78. The van der Waals surface area contributed by atoms with E-state index >= 15 is 0 Å². The first-order valence-corrected chi connectivity index (χ1v) is 9.99. The summed E-state index contributed by atoms with van der Waals surface area (Å²) in [7, 11) is -3.69. The van der Waals surface area contributed by atoms with Gasteiger partial charge in [-0.25, -0.2) is 17.9 Å². The monoisotopic (exact) mass is 388 g/mol. The van der Waals surface area contributed by atoms with E-state index in [1.165, 1.54) is 12.1 Å². The zero-order chi connectivity index (χ0) is 19.4. The maximum absolute atomic E-state index is 12.6. The molecule has 0 saturated heterocycles. The average Bonchev–Trinajstić information content (AvgIpc) is 2.99. The van der Waals surface area contributed by atoms with Crippen LogP contribution in [0.25, 0.3) is 11.0 Å². The molecule has 0 radical (unpaired) electrons. The van der Waals surface area contributed by atoms with Crippen LogP contribution in [-0.4, -0.2) is 32.5 Å². The predicted molar refractivity (Wildman–Crippen MR) is 100 cm³/mol. The summed E-state index contributed by atoms with van der Waals surface area (Å²) in [5, 5.41) is 0.563. The van der Waals surface area contributed by atoms with E-state index in [0.717, 1.165) is 5.56 Å². The molecule has 0 bridgehead atoms. The Morgan fingerprint density at radius 3 is 2.81 bits per heavy atom. The molecular weight excluding hydrogens is 368 g/mol. The van der Waals surface area contributed by atoms with Crippen LogP contribution >= 0.6 is 0 Å². The number of carbonyl (C=O) groups excluding carboxylic acids is 1. The molecule has 0 aliphatic rings. The third-order valence-corrected chi connectivity index (χ3v) is 5.57. The summed E-state index contributed by atoms with van der Waals surface area (Å²) in [6.45, 7) is 3.89. The highest BCUT2D eigenvalue weighted by Gasteiger charge is 2.21. The lowest BCUT2D eigenvalue weighted by molar-refractivity contribution is 0.0491. The molecule has 0 fully saturated rings. The summed E-state index contributed by atoms with van der Waals surface area (Å²) >= 11 is 0. The van der Waals surface area contributed by atoms with Crippen LogP contribution in [0, 0.1) is 6.92 Å². The number of pyridine rings is 1. The van der Waals surface area contributed by atoms with Gasteiger partial charge in [0.15, 0.2) is 0 Å². The lowest BCUT2D eigenvalue weighted by atomic mass is 10.1. The van der Waals surface area contributed by atoms with E-state index in [1.807, 2.05) is 6.07 Å². The molecule has 1 N–H and O–H groups in total. The van der Waals surface area contributed by atoms with Gasteiger partial charge >= 0.3 is 5.97 Å².